The smallest absolute Gasteiger partial charge is 0.250 e. The molecule has 100 valence electrons. The molecule has 0 saturated heterocycles. The van der Waals surface area contributed by atoms with E-state index in [0.29, 0.717) is 13.2 Å². The Labute approximate surface area is 107 Å². The van der Waals surface area contributed by atoms with Gasteiger partial charge in [0.1, 0.15) is 12.4 Å². The fourth-order valence-corrected chi connectivity index (χ4v) is 1.36. The SMILES string of the molecule is CCCNCCOCC(=O)Nc1ccccc1F. The Morgan fingerprint density at radius 3 is 2.83 bits per heavy atom. The third-order valence-electron chi connectivity index (χ3n) is 2.23. The fraction of sp³-hybridized carbons (Fsp3) is 0.462. The first-order chi connectivity index (χ1) is 8.74. The molecule has 1 rings (SSSR count). The van der Waals surface area contributed by atoms with Crippen LogP contribution in [0.2, 0.25) is 0 Å². The molecule has 0 atom stereocenters. The molecule has 0 unspecified atom stereocenters. The van der Waals surface area contributed by atoms with Gasteiger partial charge in [0.15, 0.2) is 0 Å². The van der Waals surface area contributed by atoms with Gasteiger partial charge in [-0.2, -0.15) is 0 Å². The van der Waals surface area contributed by atoms with Crippen molar-refractivity contribution < 1.29 is 13.9 Å². The van der Waals surface area contributed by atoms with E-state index in [0.717, 1.165) is 13.0 Å². The van der Waals surface area contributed by atoms with Gasteiger partial charge in [-0.15, -0.1) is 0 Å². The van der Waals surface area contributed by atoms with E-state index in [9.17, 15) is 9.18 Å². The topological polar surface area (TPSA) is 50.4 Å². The summed E-state index contributed by atoms with van der Waals surface area (Å²) in [6.07, 6.45) is 1.06. The molecule has 4 nitrogen and oxygen atoms in total. The Balaban J connectivity index is 2.16. The summed E-state index contributed by atoms with van der Waals surface area (Å²) < 4.78 is 18.4. The maximum atomic E-state index is 13.2. The average Bonchev–Trinajstić information content (AvgIpc) is 2.36. The molecule has 0 fully saturated rings. The monoisotopic (exact) mass is 254 g/mol. The molecule has 0 spiro atoms. The van der Waals surface area contributed by atoms with Crippen LogP contribution in [0.3, 0.4) is 0 Å². The predicted octanol–water partition coefficient (Wildman–Crippen LogP) is 1.78. The summed E-state index contributed by atoms with van der Waals surface area (Å²) in [5, 5.41) is 5.60. The van der Waals surface area contributed by atoms with Crippen molar-refractivity contribution in [2.45, 2.75) is 13.3 Å². The van der Waals surface area contributed by atoms with Crippen molar-refractivity contribution in [3.05, 3.63) is 30.1 Å². The largest absolute Gasteiger partial charge is 0.370 e. The van der Waals surface area contributed by atoms with Crippen molar-refractivity contribution in [1.82, 2.24) is 5.32 Å². The lowest BCUT2D eigenvalue weighted by molar-refractivity contribution is -0.120. The third-order valence-corrected chi connectivity index (χ3v) is 2.23. The summed E-state index contributed by atoms with van der Waals surface area (Å²) in [7, 11) is 0. The van der Waals surface area contributed by atoms with E-state index in [-0.39, 0.29) is 18.2 Å². The van der Waals surface area contributed by atoms with Gasteiger partial charge in [0.25, 0.3) is 0 Å². The number of para-hydroxylation sites is 1. The first-order valence-corrected chi connectivity index (χ1v) is 6.07. The molecule has 1 aromatic carbocycles. The third kappa shape index (κ3) is 5.75. The fourth-order valence-electron chi connectivity index (χ4n) is 1.36. The molecule has 0 aromatic heterocycles. The zero-order valence-corrected chi connectivity index (χ0v) is 10.5. The number of carbonyl (C=O) groups excluding carboxylic acids is 1. The van der Waals surface area contributed by atoms with E-state index in [1.54, 1.807) is 12.1 Å². The molecule has 0 aliphatic heterocycles. The Morgan fingerprint density at radius 2 is 2.11 bits per heavy atom. The molecule has 0 aliphatic carbocycles. The average molecular weight is 254 g/mol. The predicted molar refractivity (Wildman–Crippen MR) is 69.0 cm³/mol. The molecule has 0 radical (unpaired) electrons. The Bertz CT molecular complexity index is 372. The molecule has 2 N–H and O–H groups in total. The van der Waals surface area contributed by atoms with Gasteiger partial charge < -0.3 is 15.4 Å². The van der Waals surface area contributed by atoms with Gasteiger partial charge in [0, 0.05) is 6.54 Å². The first-order valence-electron chi connectivity index (χ1n) is 6.07. The number of hydrogen-bond donors (Lipinski definition) is 2. The van der Waals surface area contributed by atoms with Crippen molar-refractivity contribution in [3.63, 3.8) is 0 Å². The second kappa shape index (κ2) is 8.60. The van der Waals surface area contributed by atoms with Crippen molar-refractivity contribution in [2.75, 3.05) is 31.6 Å². The lowest BCUT2D eigenvalue weighted by atomic mass is 10.3. The quantitative estimate of drug-likeness (QED) is 0.695. The van der Waals surface area contributed by atoms with Crippen molar-refractivity contribution in [1.29, 1.82) is 0 Å². The number of hydrogen-bond acceptors (Lipinski definition) is 3. The number of amides is 1. The van der Waals surface area contributed by atoms with Gasteiger partial charge >= 0.3 is 0 Å². The van der Waals surface area contributed by atoms with Crippen LogP contribution < -0.4 is 10.6 Å². The van der Waals surface area contributed by atoms with Gasteiger partial charge in [0.05, 0.1) is 12.3 Å². The zero-order chi connectivity index (χ0) is 13.2. The van der Waals surface area contributed by atoms with Gasteiger partial charge in [-0.05, 0) is 25.1 Å². The highest BCUT2D eigenvalue weighted by Gasteiger charge is 2.05. The summed E-state index contributed by atoms with van der Waals surface area (Å²) in [6, 6.07) is 6.04. The second-order valence-corrected chi connectivity index (χ2v) is 3.83. The summed E-state index contributed by atoms with van der Waals surface area (Å²) >= 11 is 0. The van der Waals surface area contributed by atoms with Crippen LogP contribution in [0.15, 0.2) is 24.3 Å². The normalized spacial score (nSPS) is 10.3. The molecular formula is C13H19FN2O2. The summed E-state index contributed by atoms with van der Waals surface area (Å²) in [6.45, 7) is 4.12. The molecule has 5 heteroatoms. The van der Waals surface area contributed by atoms with Crippen LogP contribution in [-0.2, 0) is 9.53 Å². The maximum Gasteiger partial charge on any atom is 0.250 e. The van der Waals surface area contributed by atoms with E-state index >= 15 is 0 Å². The number of halogens is 1. The Morgan fingerprint density at radius 1 is 1.33 bits per heavy atom. The van der Waals surface area contributed by atoms with Gasteiger partial charge in [0.2, 0.25) is 5.91 Å². The van der Waals surface area contributed by atoms with E-state index < -0.39 is 5.82 Å². The minimum atomic E-state index is -0.449. The molecule has 0 aliphatic rings. The van der Waals surface area contributed by atoms with Crippen LogP contribution in [0, 0.1) is 5.82 Å². The standard InChI is InChI=1S/C13H19FN2O2/c1-2-7-15-8-9-18-10-13(17)16-12-6-4-3-5-11(12)14/h3-6,15H,2,7-10H2,1H3,(H,16,17). The zero-order valence-electron chi connectivity index (χ0n) is 10.5. The summed E-state index contributed by atoms with van der Waals surface area (Å²) in [5.41, 5.74) is 0.176. The van der Waals surface area contributed by atoms with Crippen LogP contribution in [0.5, 0.6) is 0 Å². The number of benzene rings is 1. The van der Waals surface area contributed by atoms with Crippen LogP contribution in [0.1, 0.15) is 13.3 Å². The lowest BCUT2D eigenvalue weighted by Crippen LogP contribution is -2.24. The molecular weight excluding hydrogens is 235 g/mol. The maximum absolute atomic E-state index is 13.2. The highest BCUT2D eigenvalue weighted by atomic mass is 19.1. The molecule has 18 heavy (non-hydrogen) atoms. The first kappa shape index (κ1) is 14.6. The molecule has 1 aromatic rings. The number of ether oxygens (including phenoxy) is 1. The Kier molecular flexibility index (Phi) is 6.98. The molecule has 1 amide bonds. The van der Waals surface area contributed by atoms with Crippen LogP contribution in [0.4, 0.5) is 10.1 Å². The summed E-state index contributed by atoms with van der Waals surface area (Å²) in [4.78, 5) is 11.4. The van der Waals surface area contributed by atoms with Gasteiger partial charge in [-0.25, -0.2) is 4.39 Å². The van der Waals surface area contributed by atoms with Gasteiger partial charge in [-0.1, -0.05) is 19.1 Å². The van der Waals surface area contributed by atoms with Crippen molar-refractivity contribution in [3.8, 4) is 0 Å². The van der Waals surface area contributed by atoms with E-state index in [1.165, 1.54) is 12.1 Å². The van der Waals surface area contributed by atoms with Crippen LogP contribution >= 0.6 is 0 Å². The lowest BCUT2D eigenvalue weighted by Gasteiger charge is -2.07. The van der Waals surface area contributed by atoms with Crippen molar-refractivity contribution >= 4 is 11.6 Å². The minimum Gasteiger partial charge on any atom is -0.370 e. The van der Waals surface area contributed by atoms with Crippen molar-refractivity contribution in [2.24, 2.45) is 0 Å². The van der Waals surface area contributed by atoms with E-state index in [2.05, 4.69) is 17.6 Å². The second-order valence-electron chi connectivity index (χ2n) is 3.83. The van der Waals surface area contributed by atoms with Gasteiger partial charge in [-0.3, -0.25) is 4.79 Å². The van der Waals surface area contributed by atoms with E-state index in [1.807, 2.05) is 0 Å². The Hall–Kier alpha value is -1.46. The minimum absolute atomic E-state index is 0.0673. The number of rotatable bonds is 8. The highest BCUT2D eigenvalue weighted by Crippen LogP contribution is 2.11. The molecule has 0 bridgehead atoms. The summed E-state index contributed by atoms with van der Waals surface area (Å²) in [5.74, 6) is -0.800. The number of anilines is 1. The van der Waals surface area contributed by atoms with Crippen LogP contribution in [-0.4, -0.2) is 32.2 Å². The highest BCUT2D eigenvalue weighted by molar-refractivity contribution is 5.91. The molecule has 0 heterocycles. The molecule has 0 saturated carbocycles. The van der Waals surface area contributed by atoms with E-state index in [4.69, 9.17) is 4.74 Å². The number of nitrogens with one attached hydrogen (secondary N) is 2. The number of carbonyl (C=O) groups is 1. The van der Waals surface area contributed by atoms with Crippen LogP contribution in [0.25, 0.3) is 0 Å².